The fourth-order valence-electron chi connectivity index (χ4n) is 1.90. The number of hydrogen-bond acceptors (Lipinski definition) is 4. The second kappa shape index (κ2) is 7.29. The molecule has 112 valence electrons. The van der Waals surface area contributed by atoms with E-state index >= 15 is 0 Å². The molecule has 0 amide bonds. The Hall–Kier alpha value is -0.780. The highest BCUT2D eigenvalue weighted by Crippen LogP contribution is 2.37. The Morgan fingerprint density at radius 3 is 2.80 bits per heavy atom. The zero-order valence-electron chi connectivity index (χ0n) is 12.0. The number of halogens is 1. The third-order valence-corrected chi connectivity index (χ3v) is 3.83. The summed E-state index contributed by atoms with van der Waals surface area (Å²) in [5.74, 6) is 1.42. The van der Waals surface area contributed by atoms with Crippen LogP contribution in [-0.4, -0.2) is 31.0 Å². The summed E-state index contributed by atoms with van der Waals surface area (Å²) in [4.78, 5) is 0. The molecule has 1 aromatic carbocycles. The van der Waals surface area contributed by atoms with Crippen molar-refractivity contribution < 1.29 is 14.6 Å². The molecular formula is C15H22BrNO3. The van der Waals surface area contributed by atoms with Crippen LogP contribution in [0.1, 0.15) is 31.7 Å². The summed E-state index contributed by atoms with van der Waals surface area (Å²) in [6.07, 6.45) is 2.79. The molecule has 0 aliphatic heterocycles. The van der Waals surface area contributed by atoms with Crippen molar-refractivity contribution in [3.05, 3.63) is 22.2 Å². The van der Waals surface area contributed by atoms with Crippen molar-refractivity contribution in [1.29, 1.82) is 0 Å². The summed E-state index contributed by atoms with van der Waals surface area (Å²) in [6, 6.07) is 4.73. The van der Waals surface area contributed by atoms with E-state index in [2.05, 4.69) is 27.3 Å². The van der Waals surface area contributed by atoms with E-state index in [1.165, 1.54) is 18.4 Å². The van der Waals surface area contributed by atoms with Crippen LogP contribution in [0.3, 0.4) is 0 Å². The molecule has 1 aliphatic carbocycles. The van der Waals surface area contributed by atoms with Crippen LogP contribution in [-0.2, 0) is 6.54 Å². The van der Waals surface area contributed by atoms with Crippen LogP contribution in [0.5, 0.6) is 11.5 Å². The number of rotatable bonds is 8. The molecule has 4 nitrogen and oxygen atoms in total. The van der Waals surface area contributed by atoms with E-state index in [1.807, 2.05) is 6.07 Å². The maximum Gasteiger partial charge on any atom is 0.175 e. The molecule has 1 aliphatic rings. The van der Waals surface area contributed by atoms with Crippen molar-refractivity contribution in [2.45, 2.75) is 44.9 Å². The summed E-state index contributed by atoms with van der Waals surface area (Å²) in [6.45, 7) is 3.06. The maximum atomic E-state index is 9.27. The molecule has 1 fully saturated rings. The second-order valence-electron chi connectivity index (χ2n) is 5.25. The highest BCUT2D eigenvalue weighted by atomic mass is 79.9. The Morgan fingerprint density at radius 1 is 1.45 bits per heavy atom. The van der Waals surface area contributed by atoms with Gasteiger partial charge in [0, 0.05) is 19.0 Å². The van der Waals surface area contributed by atoms with Gasteiger partial charge in [0.15, 0.2) is 11.5 Å². The number of hydrogen-bond donors (Lipinski definition) is 2. The summed E-state index contributed by atoms with van der Waals surface area (Å²) < 4.78 is 12.0. The fourth-order valence-corrected chi connectivity index (χ4v) is 2.50. The third-order valence-electron chi connectivity index (χ3n) is 3.24. The van der Waals surface area contributed by atoms with E-state index in [0.717, 1.165) is 16.8 Å². The maximum absolute atomic E-state index is 9.27. The van der Waals surface area contributed by atoms with Crippen molar-refractivity contribution in [2.75, 3.05) is 13.7 Å². The van der Waals surface area contributed by atoms with Gasteiger partial charge in [-0.25, -0.2) is 0 Å². The van der Waals surface area contributed by atoms with Gasteiger partial charge in [-0.2, -0.15) is 0 Å². The molecule has 20 heavy (non-hydrogen) atoms. The third kappa shape index (κ3) is 4.65. The van der Waals surface area contributed by atoms with E-state index < -0.39 is 0 Å². The van der Waals surface area contributed by atoms with Gasteiger partial charge in [0.2, 0.25) is 0 Å². The fraction of sp³-hybridized carbons (Fsp3) is 0.600. The van der Waals surface area contributed by atoms with E-state index in [-0.39, 0.29) is 6.10 Å². The zero-order chi connectivity index (χ0) is 14.5. The van der Waals surface area contributed by atoms with Crippen molar-refractivity contribution in [1.82, 2.24) is 5.32 Å². The predicted molar refractivity (Wildman–Crippen MR) is 82.3 cm³/mol. The van der Waals surface area contributed by atoms with Gasteiger partial charge in [0.05, 0.1) is 24.3 Å². The number of ether oxygens (including phenoxy) is 2. The monoisotopic (exact) mass is 343 g/mol. The quantitative estimate of drug-likeness (QED) is 0.761. The number of methoxy groups -OCH3 is 1. The van der Waals surface area contributed by atoms with Gasteiger partial charge in [0.1, 0.15) is 0 Å². The van der Waals surface area contributed by atoms with Gasteiger partial charge in [-0.15, -0.1) is 0 Å². The molecule has 1 saturated carbocycles. The molecule has 1 aromatic rings. The van der Waals surface area contributed by atoms with Gasteiger partial charge in [-0.3, -0.25) is 0 Å². The first kappa shape index (κ1) is 15.6. The SMILES string of the molecule is COc1cc(CNC2CC2)cc(Br)c1OCCC(C)O. The Balaban J connectivity index is 2.01. The van der Waals surface area contributed by atoms with Gasteiger partial charge in [0.25, 0.3) is 0 Å². The second-order valence-corrected chi connectivity index (χ2v) is 6.10. The van der Waals surface area contributed by atoms with Crippen LogP contribution in [0.15, 0.2) is 16.6 Å². The lowest BCUT2D eigenvalue weighted by molar-refractivity contribution is 0.154. The molecule has 0 radical (unpaired) electrons. The largest absolute Gasteiger partial charge is 0.493 e. The number of benzene rings is 1. The molecule has 2 N–H and O–H groups in total. The topological polar surface area (TPSA) is 50.7 Å². The highest BCUT2D eigenvalue weighted by Gasteiger charge is 2.20. The molecular weight excluding hydrogens is 322 g/mol. The lowest BCUT2D eigenvalue weighted by atomic mass is 10.2. The summed E-state index contributed by atoms with van der Waals surface area (Å²) in [5, 5.41) is 12.7. The van der Waals surface area contributed by atoms with Crippen molar-refractivity contribution in [3.8, 4) is 11.5 Å². The lowest BCUT2D eigenvalue weighted by Gasteiger charge is -2.15. The minimum absolute atomic E-state index is 0.359. The van der Waals surface area contributed by atoms with Crippen molar-refractivity contribution >= 4 is 15.9 Å². The Kier molecular flexibility index (Phi) is 5.69. The Labute approximate surface area is 128 Å². The van der Waals surface area contributed by atoms with Gasteiger partial charge in [-0.05, 0) is 53.4 Å². The van der Waals surface area contributed by atoms with E-state index in [0.29, 0.717) is 24.8 Å². The minimum Gasteiger partial charge on any atom is -0.493 e. The van der Waals surface area contributed by atoms with Crippen LogP contribution in [0.25, 0.3) is 0 Å². The molecule has 1 atom stereocenters. The first-order valence-electron chi connectivity index (χ1n) is 7.00. The van der Waals surface area contributed by atoms with Crippen LogP contribution in [0, 0.1) is 0 Å². The first-order valence-corrected chi connectivity index (χ1v) is 7.80. The number of nitrogens with one attached hydrogen (secondary N) is 1. The van der Waals surface area contributed by atoms with Crippen LogP contribution in [0.4, 0.5) is 0 Å². The van der Waals surface area contributed by atoms with Crippen LogP contribution < -0.4 is 14.8 Å². The highest BCUT2D eigenvalue weighted by molar-refractivity contribution is 9.10. The van der Waals surface area contributed by atoms with Crippen molar-refractivity contribution in [2.24, 2.45) is 0 Å². The van der Waals surface area contributed by atoms with E-state index in [1.54, 1.807) is 14.0 Å². The zero-order valence-corrected chi connectivity index (χ0v) is 13.6. The molecule has 0 spiro atoms. The van der Waals surface area contributed by atoms with Gasteiger partial charge in [-0.1, -0.05) is 0 Å². The van der Waals surface area contributed by atoms with Crippen molar-refractivity contribution in [3.63, 3.8) is 0 Å². The average Bonchev–Trinajstić information content (AvgIpc) is 3.22. The molecule has 0 aromatic heterocycles. The predicted octanol–water partition coefficient (Wildman–Crippen LogP) is 2.86. The molecule has 0 heterocycles. The van der Waals surface area contributed by atoms with E-state index in [9.17, 15) is 5.11 Å². The Bertz CT molecular complexity index is 447. The Morgan fingerprint density at radius 2 is 2.20 bits per heavy atom. The molecule has 1 unspecified atom stereocenters. The minimum atomic E-state index is -0.359. The van der Waals surface area contributed by atoms with Crippen LogP contribution >= 0.6 is 15.9 Å². The molecule has 5 heteroatoms. The summed E-state index contributed by atoms with van der Waals surface area (Å²) in [7, 11) is 1.64. The van der Waals surface area contributed by atoms with Gasteiger partial charge >= 0.3 is 0 Å². The average molecular weight is 344 g/mol. The number of aliphatic hydroxyl groups excluding tert-OH is 1. The number of aliphatic hydroxyl groups is 1. The summed E-state index contributed by atoms with van der Waals surface area (Å²) >= 11 is 3.53. The smallest absolute Gasteiger partial charge is 0.175 e. The molecule has 0 bridgehead atoms. The summed E-state index contributed by atoms with van der Waals surface area (Å²) in [5.41, 5.74) is 1.17. The van der Waals surface area contributed by atoms with Gasteiger partial charge < -0.3 is 19.9 Å². The molecule has 0 saturated heterocycles. The van der Waals surface area contributed by atoms with Crippen LogP contribution in [0.2, 0.25) is 0 Å². The standard InChI is InChI=1S/C15H22BrNO3/c1-10(18)5-6-20-15-13(16)7-11(8-14(15)19-2)9-17-12-3-4-12/h7-8,10,12,17-18H,3-6,9H2,1-2H3. The molecule has 2 rings (SSSR count). The van der Waals surface area contributed by atoms with E-state index in [4.69, 9.17) is 9.47 Å². The lowest BCUT2D eigenvalue weighted by Crippen LogP contribution is -2.15. The first-order chi connectivity index (χ1) is 9.60. The normalized spacial score (nSPS) is 16.0.